The van der Waals surface area contributed by atoms with Crippen molar-refractivity contribution in [1.29, 1.82) is 0 Å². The van der Waals surface area contributed by atoms with Gasteiger partial charge in [-0.3, -0.25) is 9.89 Å². The smallest absolute Gasteiger partial charge is 0.191 e. The molecular weight excluding hydrogens is 260 g/mol. The number of rotatable bonds is 7. The van der Waals surface area contributed by atoms with Crippen LogP contribution in [0.3, 0.4) is 0 Å². The van der Waals surface area contributed by atoms with Gasteiger partial charge in [-0.05, 0) is 58.5 Å². The number of nitrogens with one attached hydrogen (secondary N) is 2. The number of hydrogen-bond acceptors (Lipinski definition) is 2. The Balaban J connectivity index is 1.65. The van der Waals surface area contributed by atoms with E-state index in [1.54, 1.807) is 0 Å². The first-order valence-corrected chi connectivity index (χ1v) is 8.81. The third-order valence-electron chi connectivity index (χ3n) is 4.90. The minimum absolute atomic E-state index is 0.200. The monoisotopic (exact) mass is 294 g/mol. The Morgan fingerprint density at radius 3 is 2.48 bits per heavy atom. The van der Waals surface area contributed by atoms with E-state index < -0.39 is 0 Å². The average Bonchev–Trinajstić information content (AvgIpc) is 3.31. The van der Waals surface area contributed by atoms with Crippen LogP contribution in [0, 0.1) is 5.92 Å². The summed E-state index contributed by atoms with van der Waals surface area (Å²) in [6, 6.07) is 0. The van der Waals surface area contributed by atoms with Crippen molar-refractivity contribution in [2.24, 2.45) is 10.9 Å². The third-order valence-corrected chi connectivity index (χ3v) is 4.90. The molecule has 1 aliphatic heterocycles. The summed E-state index contributed by atoms with van der Waals surface area (Å²) in [5.41, 5.74) is 0.200. The maximum Gasteiger partial charge on any atom is 0.191 e. The van der Waals surface area contributed by atoms with Crippen molar-refractivity contribution in [3.05, 3.63) is 0 Å². The fraction of sp³-hybridized carbons (Fsp3) is 0.941. The fourth-order valence-electron chi connectivity index (χ4n) is 3.14. The molecule has 2 rings (SSSR count). The van der Waals surface area contributed by atoms with E-state index in [1.165, 1.54) is 58.0 Å². The first kappa shape index (κ1) is 16.6. The summed E-state index contributed by atoms with van der Waals surface area (Å²) in [5, 5.41) is 6.96. The molecule has 0 aromatic carbocycles. The molecule has 2 N–H and O–H groups in total. The molecule has 0 atom stereocenters. The number of likely N-dealkylation sites (tertiary alicyclic amines) is 1. The van der Waals surface area contributed by atoms with Gasteiger partial charge in [-0.25, -0.2) is 0 Å². The summed E-state index contributed by atoms with van der Waals surface area (Å²) in [7, 11) is 1.87. The average molecular weight is 294 g/mol. The van der Waals surface area contributed by atoms with Gasteiger partial charge < -0.3 is 10.6 Å². The molecule has 0 aromatic rings. The zero-order valence-electron chi connectivity index (χ0n) is 14.2. The molecule has 21 heavy (non-hydrogen) atoms. The molecule has 0 unspecified atom stereocenters. The van der Waals surface area contributed by atoms with Crippen LogP contribution < -0.4 is 10.6 Å². The summed E-state index contributed by atoms with van der Waals surface area (Å²) in [5.74, 6) is 1.98. The number of guanidine groups is 1. The molecule has 0 bridgehead atoms. The Bertz CT molecular complexity index is 328. The number of aliphatic imine (C=N–C) groups is 1. The van der Waals surface area contributed by atoms with Gasteiger partial charge in [-0.15, -0.1) is 0 Å². The lowest BCUT2D eigenvalue weighted by Gasteiger charge is -2.41. The lowest BCUT2D eigenvalue weighted by atomic mass is 9.98. The van der Waals surface area contributed by atoms with Crippen LogP contribution in [-0.4, -0.2) is 49.6 Å². The predicted octanol–water partition coefficient (Wildman–Crippen LogP) is 2.61. The van der Waals surface area contributed by atoms with E-state index in [2.05, 4.69) is 34.4 Å². The van der Waals surface area contributed by atoms with Crippen molar-refractivity contribution in [2.75, 3.05) is 33.2 Å². The van der Waals surface area contributed by atoms with Crippen LogP contribution in [0.25, 0.3) is 0 Å². The molecule has 0 radical (unpaired) electrons. The van der Waals surface area contributed by atoms with Crippen LogP contribution >= 0.6 is 0 Å². The summed E-state index contributed by atoms with van der Waals surface area (Å²) >= 11 is 0. The first-order valence-electron chi connectivity index (χ1n) is 8.81. The highest BCUT2D eigenvalue weighted by Gasteiger charge is 2.27. The van der Waals surface area contributed by atoms with E-state index in [0.717, 1.165) is 25.0 Å². The molecule has 1 heterocycles. The standard InChI is InChI=1S/C17H34N4/c1-17(2,21-12-5-4-6-13-21)14-20-16(18-3)19-11-7-8-15-9-10-15/h15H,4-14H2,1-3H3,(H2,18,19,20). The van der Waals surface area contributed by atoms with Gasteiger partial charge in [-0.1, -0.05) is 19.3 Å². The molecule has 0 amide bonds. The van der Waals surface area contributed by atoms with Gasteiger partial charge in [0.05, 0.1) is 0 Å². The minimum Gasteiger partial charge on any atom is -0.356 e. The van der Waals surface area contributed by atoms with E-state index in [0.29, 0.717) is 0 Å². The van der Waals surface area contributed by atoms with Crippen molar-refractivity contribution in [1.82, 2.24) is 15.5 Å². The van der Waals surface area contributed by atoms with Crippen molar-refractivity contribution in [3.8, 4) is 0 Å². The van der Waals surface area contributed by atoms with E-state index in [1.807, 2.05) is 7.05 Å². The van der Waals surface area contributed by atoms with Crippen molar-refractivity contribution >= 4 is 5.96 Å². The number of piperidine rings is 1. The van der Waals surface area contributed by atoms with Gasteiger partial charge in [0.15, 0.2) is 5.96 Å². The molecule has 0 spiro atoms. The Hall–Kier alpha value is -0.770. The Morgan fingerprint density at radius 1 is 1.14 bits per heavy atom. The normalized spacial score (nSPS) is 21.4. The molecule has 1 saturated carbocycles. The minimum atomic E-state index is 0.200. The molecule has 1 saturated heterocycles. The second-order valence-corrected chi connectivity index (χ2v) is 7.30. The predicted molar refractivity (Wildman–Crippen MR) is 90.8 cm³/mol. The molecular formula is C17H34N4. The van der Waals surface area contributed by atoms with Crippen LogP contribution in [0.2, 0.25) is 0 Å². The van der Waals surface area contributed by atoms with Crippen molar-refractivity contribution in [2.45, 2.75) is 64.3 Å². The molecule has 4 nitrogen and oxygen atoms in total. The Labute approximate surface area is 130 Å². The lowest BCUT2D eigenvalue weighted by Crippen LogP contribution is -2.54. The van der Waals surface area contributed by atoms with Crippen molar-refractivity contribution < 1.29 is 0 Å². The second kappa shape index (κ2) is 8.02. The summed E-state index contributed by atoms with van der Waals surface area (Å²) in [6.45, 7) is 9.15. The Morgan fingerprint density at radius 2 is 1.86 bits per heavy atom. The van der Waals surface area contributed by atoms with Gasteiger partial charge in [0.2, 0.25) is 0 Å². The maximum atomic E-state index is 4.34. The number of hydrogen-bond donors (Lipinski definition) is 2. The molecule has 0 aromatic heterocycles. The fourth-order valence-corrected chi connectivity index (χ4v) is 3.14. The zero-order valence-corrected chi connectivity index (χ0v) is 14.2. The molecule has 2 fully saturated rings. The number of nitrogens with zero attached hydrogens (tertiary/aromatic N) is 2. The van der Waals surface area contributed by atoms with Crippen LogP contribution in [0.5, 0.6) is 0 Å². The molecule has 122 valence electrons. The van der Waals surface area contributed by atoms with E-state index >= 15 is 0 Å². The van der Waals surface area contributed by atoms with E-state index in [-0.39, 0.29) is 5.54 Å². The van der Waals surface area contributed by atoms with Gasteiger partial charge in [0.1, 0.15) is 0 Å². The van der Waals surface area contributed by atoms with E-state index in [9.17, 15) is 0 Å². The van der Waals surface area contributed by atoms with Crippen LogP contribution in [0.15, 0.2) is 4.99 Å². The highest BCUT2D eigenvalue weighted by atomic mass is 15.2. The molecule has 1 aliphatic carbocycles. The summed E-state index contributed by atoms with van der Waals surface area (Å²) < 4.78 is 0. The highest BCUT2D eigenvalue weighted by molar-refractivity contribution is 5.79. The second-order valence-electron chi connectivity index (χ2n) is 7.30. The van der Waals surface area contributed by atoms with Crippen LogP contribution in [-0.2, 0) is 0 Å². The maximum absolute atomic E-state index is 4.34. The quantitative estimate of drug-likeness (QED) is 0.431. The van der Waals surface area contributed by atoms with Crippen LogP contribution in [0.1, 0.15) is 58.8 Å². The lowest BCUT2D eigenvalue weighted by molar-refractivity contribution is 0.0982. The third kappa shape index (κ3) is 5.85. The van der Waals surface area contributed by atoms with Gasteiger partial charge in [0, 0.05) is 25.7 Å². The van der Waals surface area contributed by atoms with Gasteiger partial charge >= 0.3 is 0 Å². The Kier molecular flexibility index (Phi) is 6.34. The van der Waals surface area contributed by atoms with Crippen molar-refractivity contribution in [3.63, 3.8) is 0 Å². The zero-order chi connectivity index (χ0) is 15.1. The highest BCUT2D eigenvalue weighted by Crippen LogP contribution is 2.33. The topological polar surface area (TPSA) is 39.7 Å². The van der Waals surface area contributed by atoms with Crippen LogP contribution in [0.4, 0.5) is 0 Å². The van der Waals surface area contributed by atoms with Gasteiger partial charge in [-0.2, -0.15) is 0 Å². The largest absolute Gasteiger partial charge is 0.356 e. The SMILES string of the molecule is CN=C(NCCCC1CC1)NCC(C)(C)N1CCCCC1. The summed E-state index contributed by atoms with van der Waals surface area (Å²) in [6.07, 6.45) is 9.64. The summed E-state index contributed by atoms with van der Waals surface area (Å²) in [4.78, 5) is 6.96. The first-order chi connectivity index (χ1) is 10.1. The van der Waals surface area contributed by atoms with Gasteiger partial charge in [0.25, 0.3) is 0 Å². The molecule has 2 aliphatic rings. The molecule has 4 heteroatoms. The van der Waals surface area contributed by atoms with E-state index in [4.69, 9.17) is 0 Å².